The van der Waals surface area contributed by atoms with Gasteiger partial charge in [-0.3, -0.25) is 10.3 Å². The molecule has 0 saturated carbocycles. The van der Waals surface area contributed by atoms with Crippen molar-refractivity contribution in [3.63, 3.8) is 0 Å². The van der Waals surface area contributed by atoms with Crippen LogP contribution in [0.4, 0.5) is 0 Å². The van der Waals surface area contributed by atoms with Gasteiger partial charge in [-0.15, -0.1) is 0 Å². The Morgan fingerprint density at radius 1 is 0.769 bits per heavy atom. The molecule has 5 aromatic carbocycles. The van der Waals surface area contributed by atoms with Crippen LogP contribution in [-0.4, -0.2) is 17.8 Å². The number of furan rings is 1. The molecule has 0 amide bonds. The monoisotopic (exact) mass is 504 g/mol. The number of hydrogen-bond donors (Lipinski definition) is 1. The molecule has 2 aromatic heterocycles. The van der Waals surface area contributed by atoms with E-state index < -0.39 is 0 Å². The summed E-state index contributed by atoms with van der Waals surface area (Å²) in [5.41, 5.74) is 7.68. The molecule has 0 saturated heterocycles. The lowest BCUT2D eigenvalue weighted by molar-refractivity contribution is 0.627. The fourth-order valence-electron chi connectivity index (χ4n) is 5.48. The maximum absolute atomic E-state index is 9.28. The number of fused-ring (bicyclic) bond motifs is 6. The number of para-hydroxylation sites is 2. The Bertz CT molecular complexity index is 2090. The summed E-state index contributed by atoms with van der Waals surface area (Å²) >= 11 is 0. The van der Waals surface area contributed by atoms with E-state index in [0.29, 0.717) is 5.56 Å². The summed E-state index contributed by atoms with van der Waals surface area (Å²) in [6, 6.07) is 39.2. The fourth-order valence-corrected chi connectivity index (χ4v) is 5.48. The van der Waals surface area contributed by atoms with E-state index in [1.807, 2.05) is 43.6 Å². The van der Waals surface area contributed by atoms with Crippen molar-refractivity contribution in [2.45, 2.75) is 6.17 Å². The van der Waals surface area contributed by atoms with Crippen molar-refractivity contribution >= 4 is 50.0 Å². The lowest BCUT2D eigenvalue weighted by Gasteiger charge is -2.12. The molecule has 0 spiro atoms. The zero-order valence-corrected chi connectivity index (χ0v) is 21.3. The maximum atomic E-state index is 9.28. The molecular formula is C34H24N4O. The predicted molar refractivity (Wildman–Crippen MR) is 159 cm³/mol. The highest BCUT2D eigenvalue weighted by atomic mass is 16.3. The van der Waals surface area contributed by atoms with Crippen LogP contribution in [0.1, 0.15) is 22.9 Å². The Morgan fingerprint density at radius 3 is 2.46 bits per heavy atom. The highest BCUT2D eigenvalue weighted by Crippen LogP contribution is 2.38. The van der Waals surface area contributed by atoms with Crippen molar-refractivity contribution in [1.82, 2.24) is 9.88 Å². The number of hydrogen-bond acceptors (Lipinski definition) is 4. The minimum absolute atomic E-state index is 0.252. The van der Waals surface area contributed by atoms with Gasteiger partial charge in [0.1, 0.15) is 17.3 Å². The molecule has 2 heterocycles. The van der Waals surface area contributed by atoms with Crippen LogP contribution in [-0.2, 0) is 0 Å². The van der Waals surface area contributed by atoms with E-state index in [4.69, 9.17) is 9.41 Å². The summed E-state index contributed by atoms with van der Waals surface area (Å²) in [5.74, 6) is 0. The van der Waals surface area contributed by atoms with Crippen molar-refractivity contribution in [3.8, 4) is 11.8 Å². The van der Waals surface area contributed by atoms with Gasteiger partial charge in [0.2, 0.25) is 0 Å². The minimum atomic E-state index is -0.252. The van der Waals surface area contributed by atoms with E-state index in [9.17, 15) is 5.26 Å². The van der Waals surface area contributed by atoms with E-state index in [2.05, 4.69) is 88.7 Å². The molecule has 186 valence electrons. The first-order valence-corrected chi connectivity index (χ1v) is 12.9. The van der Waals surface area contributed by atoms with Crippen LogP contribution in [0, 0.1) is 11.3 Å². The molecule has 7 aromatic rings. The Labute approximate surface area is 225 Å². The van der Waals surface area contributed by atoms with Gasteiger partial charge in [-0.05, 0) is 66.7 Å². The van der Waals surface area contributed by atoms with Gasteiger partial charge in [0.25, 0.3) is 0 Å². The van der Waals surface area contributed by atoms with Gasteiger partial charge in [0.15, 0.2) is 0 Å². The average molecular weight is 505 g/mol. The van der Waals surface area contributed by atoms with E-state index in [0.717, 1.165) is 55.2 Å². The second-order valence-electron chi connectivity index (χ2n) is 9.62. The number of rotatable bonds is 5. The van der Waals surface area contributed by atoms with Gasteiger partial charge in [0.05, 0.1) is 22.7 Å². The number of benzene rings is 5. The van der Waals surface area contributed by atoms with Gasteiger partial charge in [-0.2, -0.15) is 5.26 Å². The summed E-state index contributed by atoms with van der Waals surface area (Å²) in [7, 11) is 1.87. The number of aromatic nitrogens is 1. The summed E-state index contributed by atoms with van der Waals surface area (Å²) in [6.45, 7) is 0. The minimum Gasteiger partial charge on any atom is -0.456 e. The highest BCUT2D eigenvalue weighted by Gasteiger charge is 2.16. The van der Waals surface area contributed by atoms with Crippen molar-refractivity contribution in [3.05, 3.63) is 126 Å². The van der Waals surface area contributed by atoms with E-state index in [-0.39, 0.29) is 6.17 Å². The zero-order chi connectivity index (χ0) is 26.3. The third-order valence-electron chi connectivity index (χ3n) is 7.28. The van der Waals surface area contributed by atoms with Crippen molar-refractivity contribution in [2.75, 3.05) is 7.05 Å². The highest BCUT2D eigenvalue weighted by molar-refractivity contribution is 6.17. The van der Waals surface area contributed by atoms with Gasteiger partial charge in [-0.1, -0.05) is 60.7 Å². The van der Waals surface area contributed by atoms with Crippen LogP contribution in [0.25, 0.3) is 49.4 Å². The van der Waals surface area contributed by atoms with Crippen molar-refractivity contribution in [2.24, 2.45) is 4.99 Å². The SMILES string of the molecule is CNC(N=Cc1cccc(-n2c3ccccc3c3cc4oc5ccccc5c4cc32)c1)c1cccc(C#N)c1. The molecule has 0 aliphatic carbocycles. The second kappa shape index (κ2) is 9.29. The van der Waals surface area contributed by atoms with Gasteiger partial charge in [-0.25, -0.2) is 0 Å². The molecular weight excluding hydrogens is 480 g/mol. The van der Waals surface area contributed by atoms with Crippen LogP contribution in [0.15, 0.2) is 119 Å². The van der Waals surface area contributed by atoms with Crippen LogP contribution >= 0.6 is 0 Å². The Hall–Kier alpha value is -5.18. The summed E-state index contributed by atoms with van der Waals surface area (Å²) in [5, 5.41) is 17.1. The Kier molecular flexibility index (Phi) is 5.47. The molecule has 0 radical (unpaired) electrons. The maximum Gasteiger partial charge on any atom is 0.136 e. The molecule has 0 fully saturated rings. The molecule has 1 N–H and O–H groups in total. The second-order valence-corrected chi connectivity index (χ2v) is 9.62. The quantitative estimate of drug-likeness (QED) is 0.242. The van der Waals surface area contributed by atoms with Crippen LogP contribution < -0.4 is 5.32 Å². The number of nitrogens with zero attached hydrogens (tertiary/aromatic N) is 3. The molecule has 5 nitrogen and oxygen atoms in total. The lowest BCUT2D eigenvalue weighted by Crippen LogP contribution is -2.14. The number of nitriles is 1. The van der Waals surface area contributed by atoms with Crippen molar-refractivity contribution in [1.29, 1.82) is 5.26 Å². The lowest BCUT2D eigenvalue weighted by atomic mass is 10.1. The Morgan fingerprint density at radius 2 is 1.59 bits per heavy atom. The fraction of sp³-hybridized carbons (Fsp3) is 0.0588. The molecule has 0 aliphatic heterocycles. The molecule has 7 rings (SSSR count). The van der Waals surface area contributed by atoms with E-state index in [1.165, 1.54) is 5.39 Å². The van der Waals surface area contributed by atoms with Crippen LogP contribution in [0.2, 0.25) is 0 Å². The van der Waals surface area contributed by atoms with Gasteiger partial charge < -0.3 is 8.98 Å². The van der Waals surface area contributed by atoms with Crippen molar-refractivity contribution < 1.29 is 4.42 Å². The van der Waals surface area contributed by atoms with Crippen LogP contribution in [0.5, 0.6) is 0 Å². The normalized spacial score (nSPS) is 12.6. The van der Waals surface area contributed by atoms with Gasteiger partial charge in [0, 0.05) is 33.4 Å². The first-order chi connectivity index (χ1) is 19.2. The van der Waals surface area contributed by atoms with E-state index in [1.54, 1.807) is 6.07 Å². The third kappa shape index (κ3) is 3.86. The molecule has 39 heavy (non-hydrogen) atoms. The Balaban J connectivity index is 1.37. The van der Waals surface area contributed by atoms with Crippen LogP contribution in [0.3, 0.4) is 0 Å². The number of aliphatic imine (C=N–C) groups is 1. The predicted octanol–water partition coefficient (Wildman–Crippen LogP) is 7.89. The molecule has 1 atom stereocenters. The first-order valence-electron chi connectivity index (χ1n) is 12.9. The first kappa shape index (κ1) is 23.0. The molecule has 5 heteroatoms. The van der Waals surface area contributed by atoms with E-state index >= 15 is 0 Å². The average Bonchev–Trinajstić information content (AvgIpc) is 3.51. The molecule has 1 unspecified atom stereocenters. The molecule has 0 bridgehead atoms. The third-order valence-corrected chi connectivity index (χ3v) is 7.28. The summed E-state index contributed by atoms with van der Waals surface area (Å²) < 4.78 is 8.52. The smallest absolute Gasteiger partial charge is 0.136 e. The zero-order valence-electron chi connectivity index (χ0n) is 21.3. The standard InChI is InChI=1S/C34H24N4O/c1-36-34(24-10-6-8-22(16-24)20-35)37-21-23-9-7-11-25(17-23)38-30-14-4-2-12-26(30)28-19-33-29(18-31(28)38)27-13-3-5-15-32(27)39-33/h2-19,21,34,36H,1H3. The summed E-state index contributed by atoms with van der Waals surface area (Å²) in [4.78, 5) is 4.81. The topological polar surface area (TPSA) is 66.2 Å². The summed E-state index contributed by atoms with van der Waals surface area (Å²) in [6.07, 6.45) is 1.64. The molecule has 0 aliphatic rings. The largest absolute Gasteiger partial charge is 0.456 e. The van der Waals surface area contributed by atoms with Gasteiger partial charge >= 0.3 is 0 Å². The number of nitrogens with one attached hydrogen (secondary N) is 1.